The maximum Gasteiger partial charge on any atom is 0.139 e. The van der Waals surface area contributed by atoms with E-state index in [4.69, 9.17) is 4.74 Å². The van der Waals surface area contributed by atoms with Crippen molar-refractivity contribution >= 4 is 0 Å². The summed E-state index contributed by atoms with van der Waals surface area (Å²) in [6.07, 6.45) is 0.771. The van der Waals surface area contributed by atoms with E-state index in [1.165, 1.54) is 0 Å². The van der Waals surface area contributed by atoms with Crippen molar-refractivity contribution in [2.75, 3.05) is 0 Å². The number of ether oxygens (including phenoxy) is 1. The lowest BCUT2D eigenvalue weighted by molar-refractivity contribution is 0.0147. The average Bonchev–Trinajstić information content (AvgIpc) is 2.14. The highest BCUT2D eigenvalue weighted by Gasteiger charge is 2.48. The van der Waals surface area contributed by atoms with E-state index in [1.54, 1.807) is 6.92 Å². The summed E-state index contributed by atoms with van der Waals surface area (Å²) in [4.78, 5) is 0. The van der Waals surface area contributed by atoms with Crippen LogP contribution in [0.15, 0.2) is 0 Å². The van der Waals surface area contributed by atoms with Crippen molar-refractivity contribution in [1.82, 2.24) is 0 Å². The molecule has 0 amide bonds. The van der Waals surface area contributed by atoms with E-state index in [0.717, 1.165) is 6.42 Å². The fraction of sp³-hybridized carbons (Fsp3) is 1.00. The minimum atomic E-state index is -1.14. The van der Waals surface area contributed by atoms with Gasteiger partial charge in [0.05, 0.1) is 12.2 Å². The van der Waals surface area contributed by atoms with Crippen molar-refractivity contribution in [1.29, 1.82) is 0 Å². The second-order valence-electron chi connectivity index (χ2n) is 3.66. The van der Waals surface area contributed by atoms with Gasteiger partial charge in [0.15, 0.2) is 0 Å². The van der Waals surface area contributed by atoms with Crippen LogP contribution < -0.4 is 0 Å². The molecule has 66 valence electrons. The smallest absolute Gasteiger partial charge is 0.139 e. The Morgan fingerprint density at radius 3 is 2.18 bits per heavy atom. The Labute approximate surface area is 67.9 Å². The molecule has 0 N–H and O–H groups in total. The lowest BCUT2D eigenvalue weighted by Gasteiger charge is -2.21. The third kappa shape index (κ3) is 1.28. The summed E-state index contributed by atoms with van der Waals surface area (Å²) in [6.45, 7) is 7.41. The molecule has 0 radical (unpaired) electrons. The van der Waals surface area contributed by atoms with Crippen molar-refractivity contribution in [2.45, 2.75) is 52.0 Å². The molecule has 1 unspecified atom stereocenters. The van der Waals surface area contributed by atoms with Crippen LogP contribution >= 0.6 is 0 Å². The van der Waals surface area contributed by atoms with Gasteiger partial charge in [0, 0.05) is 5.92 Å². The van der Waals surface area contributed by atoms with Gasteiger partial charge in [-0.3, -0.25) is 0 Å². The highest BCUT2D eigenvalue weighted by atomic mass is 19.1. The Hall–Kier alpha value is -0.110. The molecule has 1 heterocycles. The molecular formula is C9H17FO. The number of hydrogen-bond acceptors (Lipinski definition) is 1. The Kier molecular flexibility index (Phi) is 2.24. The molecule has 1 nitrogen and oxygen atoms in total. The van der Waals surface area contributed by atoms with Gasteiger partial charge < -0.3 is 4.74 Å². The van der Waals surface area contributed by atoms with Crippen LogP contribution in [0.3, 0.4) is 0 Å². The van der Waals surface area contributed by atoms with Crippen LogP contribution in [0.2, 0.25) is 0 Å². The van der Waals surface area contributed by atoms with Gasteiger partial charge >= 0.3 is 0 Å². The van der Waals surface area contributed by atoms with Gasteiger partial charge in [0.2, 0.25) is 0 Å². The Morgan fingerprint density at radius 2 is 2.00 bits per heavy atom. The van der Waals surface area contributed by atoms with E-state index < -0.39 is 5.67 Å². The van der Waals surface area contributed by atoms with Crippen LogP contribution in [-0.2, 0) is 4.74 Å². The van der Waals surface area contributed by atoms with E-state index in [1.807, 2.05) is 20.8 Å². The third-order valence-corrected chi connectivity index (χ3v) is 3.02. The Morgan fingerprint density at radius 1 is 1.45 bits per heavy atom. The Bertz CT molecular complexity index is 144. The van der Waals surface area contributed by atoms with Crippen molar-refractivity contribution < 1.29 is 9.13 Å². The zero-order chi connectivity index (χ0) is 8.65. The number of halogens is 1. The normalized spacial score (nSPS) is 51.5. The van der Waals surface area contributed by atoms with Crippen LogP contribution in [0.25, 0.3) is 0 Å². The largest absolute Gasteiger partial charge is 0.372 e. The van der Waals surface area contributed by atoms with Gasteiger partial charge in [-0.1, -0.05) is 13.8 Å². The number of alkyl halides is 1. The second kappa shape index (κ2) is 2.74. The quantitative estimate of drug-likeness (QED) is 0.572. The molecular weight excluding hydrogens is 143 g/mol. The lowest BCUT2D eigenvalue weighted by atomic mass is 9.87. The van der Waals surface area contributed by atoms with Gasteiger partial charge in [-0.05, 0) is 20.3 Å². The molecule has 0 aromatic heterocycles. The molecule has 0 aromatic carbocycles. The lowest BCUT2D eigenvalue weighted by Crippen LogP contribution is -2.33. The highest BCUT2D eigenvalue weighted by molar-refractivity contribution is 4.96. The minimum absolute atomic E-state index is 0.0301. The topological polar surface area (TPSA) is 9.23 Å². The van der Waals surface area contributed by atoms with Gasteiger partial charge in [-0.2, -0.15) is 0 Å². The maximum absolute atomic E-state index is 13.7. The molecule has 1 aliphatic rings. The molecule has 11 heavy (non-hydrogen) atoms. The molecule has 0 bridgehead atoms. The molecule has 4 atom stereocenters. The van der Waals surface area contributed by atoms with Gasteiger partial charge in [0.1, 0.15) is 5.67 Å². The van der Waals surface area contributed by atoms with Crippen molar-refractivity contribution in [3.05, 3.63) is 0 Å². The van der Waals surface area contributed by atoms with Crippen LogP contribution in [0.1, 0.15) is 34.1 Å². The Balaban J connectivity index is 2.71. The fourth-order valence-electron chi connectivity index (χ4n) is 1.70. The van der Waals surface area contributed by atoms with Crippen LogP contribution in [0.5, 0.6) is 0 Å². The minimum Gasteiger partial charge on any atom is -0.372 e. The predicted octanol–water partition coefficient (Wildman–Crippen LogP) is 2.55. The molecule has 0 spiro atoms. The summed E-state index contributed by atoms with van der Waals surface area (Å²) in [6, 6.07) is 0. The van der Waals surface area contributed by atoms with Crippen LogP contribution in [-0.4, -0.2) is 17.9 Å². The summed E-state index contributed by atoms with van der Waals surface area (Å²) < 4.78 is 19.2. The average molecular weight is 160 g/mol. The van der Waals surface area contributed by atoms with Crippen molar-refractivity contribution in [3.63, 3.8) is 0 Å². The molecule has 1 saturated heterocycles. The van der Waals surface area contributed by atoms with Gasteiger partial charge in [-0.25, -0.2) is 4.39 Å². The summed E-state index contributed by atoms with van der Waals surface area (Å²) in [5.41, 5.74) is -1.14. The van der Waals surface area contributed by atoms with Crippen LogP contribution in [0.4, 0.5) is 4.39 Å². The molecule has 0 saturated carbocycles. The molecule has 0 aliphatic carbocycles. The molecule has 1 aliphatic heterocycles. The van der Waals surface area contributed by atoms with Gasteiger partial charge in [-0.15, -0.1) is 0 Å². The molecule has 2 heteroatoms. The predicted molar refractivity (Wildman–Crippen MR) is 43.3 cm³/mol. The summed E-state index contributed by atoms with van der Waals surface area (Å²) in [5.74, 6) is 0.0301. The molecule has 0 aromatic rings. The summed E-state index contributed by atoms with van der Waals surface area (Å²) in [5, 5.41) is 0. The van der Waals surface area contributed by atoms with E-state index in [0.29, 0.717) is 0 Å². The fourth-order valence-corrected chi connectivity index (χ4v) is 1.70. The zero-order valence-corrected chi connectivity index (χ0v) is 7.73. The standard InChI is InChI=1S/C9H17FO/c1-5-8-6(2)9(4,10)7(3)11-8/h6-8H,5H2,1-4H3/t6-,7-,8+,9?/m0/s1. The third-order valence-electron chi connectivity index (χ3n) is 3.02. The monoisotopic (exact) mass is 160 g/mol. The first-order valence-corrected chi connectivity index (χ1v) is 4.34. The molecule has 1 rings (SSSR count). The first kappa shape index (κ1) is 8.98. The SMILES string of the molecule is CC[C@H]1O[C@@H](C)C(C)(F)[C@H]1C. The molecule has 1 fully saturated rings. The zero-order valence-electron chi connectivity index (χ0n) is 7.73. The van der Waals surface area contributed by atoms with Crippen molar-refractivity contribution in [2.24, 2.45) is 5.92 Å². The van der Waals surface area contributed by atoms with E-state index in [2.05, 4.69) is 0 Å². The van der Waals surface area contributed by atoms with Crippen molar-refractivity contribution in [3.8, 4) is 0 Å². The summed E-state index contributed by atoms with van der Waals surface area (Å²) in [7, 11) is 0. The summed E-state index contributed by atoms with van der Waals surface area (Å²) >= 11 is 0. The second-order valence-corrected chi connectivity index (χ2v) is 3.66. The number of hydrogen-bond donors (Lipinski definition) is 0. The first-order valence-electron chi connectivity index (χ1n) is 4.34. The van der Waals surface area contributed by atoms with Gasteiger partial charge in [0.25, 0.3) is 0 Å². The van der Waals surface area contributed by atoms with E-state index in [9.17, 15) is 4.39 Å². The van der Waals surface area contributed by atoms with E-state index >= 15 is 0 Å². The number of rotatable bonds is 1. The van der Waals surface area contributed by atoms with Crippen LogP contribution in [0, 0.1) is 5.92 Å². The maximum atomic E-state index is 13.7. The highest BCUT2D eigenvalue weighted by Crippen LogP contribution is 2.39. The first-order chi connectivity index (χ1) is 5.00. The van der Waals surface area contributed by atoms with E-state index in [-0.39, 0.29) is 18.1 Å².